The molecule has 0 bridgehead atoms. The molecule has 3 N–H and O–H groups in total. The van der Waals surface area contributed by atoms with Crippen molar-refractivity contribution in [2.45, 2.75) is 19.9 Å². The van der Waals surface area contributed by atoms with E-state index in [2.05, 4.69) is 15.3 Å². The molecule has 2 heterocycles. The average molecular weight is 246 g/mol. The van der Waals surface area contributed by atoms with Gasteiger partial charge in [-0.1, -0.05) is 0 Å². The van der Waals surface area contributed by atoms with Crippen LogP contribution in [0.2, 0.25) is 0 Å². The Morgan fingerprint density at radius 1 is 1.39 bits per heavy atom. The van der Waals surface area contributed by atoms with Crippen molar-refractivity contribution in [1.29, 1.82) is 0 Å². The number of aromatic nitrogens is 2. The van der Waals surface area contributed by atoms with E-state index < -0.39 is 5.91 Å². The first-order chi connectivity index (χ1) is 8.56. The number of anilines is 1. The van der Waals surface area contributed by atoms with E-state index in [9.17, 15) is 4.79 Å². The molecule has 18 heavy (non-hydrogen) atoms. The maximum Gasteiger partial charge on any atom is 0.250 e. The molecule has 0 saturated heterocycles. The van der Waals surface area contributed by atoms with Gasteiger partial charge in [0.2, 0.25) is 11.8 Å². The highest BCUT2D eigenvalue weighted by atomic mass is 16.4. The number of aryl methyl sites for hydroxylation is 1. The molecule has 0 aliphatic heterocycles. The molecule has 0 aliphatic carbocycles. The molecule has 0 radical (unpaired) electrons. The predicted octanol–water partition coefficient (Wildman–Crippen LogP) is 1.65. The van der Waals surface area contributed by atoms with Gasteiger partial charge in [-0.05, 0) is 26.0 Å². The van der Waals surface area contributed by atoms with Gasteiger partial charge >= 0.3 is 0 Å². The molecule has 0 aliphatic rings. The summed E-state index contributed by atoms with van der Waals surface area (Å²) in [6.07, 6.45) is 3.09. The second kappa shape index (κ2) is 4.87. The number of oxazole rings is 1. The van der Waals surface area contributed by atoms with Gasteiger partial charge in [0.15, 0.2) is 0 Å². The number of carbonyl (C=O) groups excluding carboxylic acids is 1. The average Bonchev–Trinajstić information content (AvgIpc) is 2.76. The van der Waals surface area contributed by atoms with Crippen LogP contribution in [0.3, 0.4) is 0 Å². The quantitative estimate of drug-likeness (QED) is 0.855. The Morgan fingerprint density at radius 3 is 2.67 bits per heavy atom. The molecule has 2 aromatic heterocycles. The van der Waals surface area contributed by atoms with Gasteiger partial charge in [-0.25, -0.2) is 9.97 Å². The van der Waals surface area contributed by atoms with Crippen molar-refractivity contribution in [2.75, 3.05) is 5.32 Å². The van der Waals surface area contributed by atoms with Crippen molar-refractivity contribution in [3.8, 4) is 0 Å². The first-order valence-corrected chi connectivity index (χ1v) is 5.51. The van der Waals surface area contributed by atoms with E-state index in [0.717, 1.165) is 5.76 Å². The summed E-state index contributed by atoms with van der Waals surface area (Å²) in [5.74, 6) is 1.48. The van der Waals surface area contributed by atoms with E-state index in [1.807, 2.05) is 13.8 Å². The number of nitrogens with one attached hydrogen (secondary N) is 1. The highest BCUT2D eigenvalue weighted by molar-refractivity contribution is 5.92. The number of primary amides is 1. The summed E-state index contributed by atoms with van der Waals surface area (Å²) in [5, 5.41) is 3.12. The topological polar surface area (TPSA) is 94.0 Å². The molecule has 6 nitrogen and oxygen atoms in total. The normalized spacial score (nSPS) is 12.1. The van der Waals surface area contributed by atoms with Crippen LogP contribution in [-0.4, -0.2) is 15.9 Å². The first kappa shape index (κ1) is 12.1. The molecule has 1 atom stereocenters. The van der Waals surface area contributed by atoms with Gasteiger partial charge in [0.1, 0.15) is 17.6 Å². The minimum atomic E-state index is -0.495. The minimum Gasteiger partial charge on any atom is -0.444 e. The van der Waals surface area contributed by atoms with E-state index in [1.54, 1.807) is 18.3 Å². The van der Waals surface area contributed by atoms with E-state index >= 15 is 0 Å². The molecule has 0 aromatic carbocycles. The van der Waals surface area contributed by atoms with Crippen LogP contribution in [0.1, 0.15) is 35.0 Å². The Kier molecular flexibility index (Phi) is 3.27. The zero-order chi connectivity index (χ0) is 13.1. The van der Waals surface area contributed by atoms with Crippen LogP contribution in [0.15, 0.2) is 28.9 Å². The molecule has 0 spiro atoms. The fourth-order valence-electron chi connectivity index (χ4n) is 1.48. The fraction of sp³-hybridized carbons (Fsp3) is 0.250. The summed E-state index contributed by atoms with van der Waals surface area (Å²) >= 11 is 0. The summed E-state index contributed by atoms with van der Waals surface area (Å²) in [7, 11) is 0. The number of pyridine rings is 1. The maximum absolute atomic E-state index is 10.9. The van der Waals surface area contributed by atoms with E-state index in [-0.39, 0.29) is 6.04 Å². The number of hydrogen-bond donors (Lipinski definition) is 2. The summed E-state index contributed by atoms with van der Waals surface area (Å²) in [6, 6.07) is 3.20. The lowest BCUT2D eigenvalue weighted by atomic mass is 10.2. The van der Waals surface area contributed by atoms with Crippen LogP contribution in [0.4, 0.5) is 5.82 Å². The number of nitrogens with two attached hydrogens (primary N) is 1. The SMILES string of the molecule is Cc1cnc(C(C)Nc2ccc(C(N)=O)cn2)o1. The first-order valence-electron chi connectivity index (χ1n) is 5.51. The van der Waals surface area contributed by atoms with Gasteiger partial charge in [-0.15, -0.1) is 0 Å². The van der Waals surface area contributed by atoms with Crippen molar-refractivity contribution in [3.63, 3.8) is 0 Å². The highest BCUT2D eigenvalue weighted by Crippen LogP contribution is 2.17. The van der Waals surface area contributed by atoms with Crippen LogP contribution in [0, 0.1) is 6.92 Å². The molecule has 2 aromatic rings. The monoisotopic (exact) mass is 246 g/mol. The summed E-state index contributed by atoms with van der Waals surface area (Å²) in [5.41, 5.74) is 5.51. The predicted molar refractivity (Wildman–Crippen MR) is 66.0 cm³/mol. The molecule has 1 unspecified atom stereocenters. The second-order valence-corrected chi connectivity index (χ2v) is 3.97. The number of hydrogen-bond acceptors (Lipinski definition) is 5. The molecule has 0 fully saturated rings. The number of nitrogens with zero attached hydrogens (tertiary/aromatic N) is 2. The summed E-state index contributed by atoms with van der Waals surface area (Å²) < 4.78 is 5.40. The van der Waals surface area contributed by atoms with E-state index in [4.69, 9.17) is 10.2 Å². The van der Waals surface area contributed by atoms with Crippen LogP contribution >= 0.6 is 0 Å². The van der Waals surface area contributed by atoms with Crippen molar-refractivity contribution in [1.82, 2.24) is 9.97 Å². The molecule has 6 heteroatoms. The van der Waals surface area contributed by atoms with Gasteiger partial charge in [0.05, 0.1) is 11.8 Å². The smallest absolute Gasteiger partial charge is 0.250 e. The lowest BCUT2D eigenvalue weighted by Crippen LogP contribution is -2.12. The van der Waals surface area contributed by atoms with Crippen LogP contribution in [0.5, 0.6) is 0 Å². The highest BCUT2D eigenvalue weighted by Gasteiger charge is 2.11. The van der Waals surface area contributed by atoms with Gasteiger partial charge in [0.25, 0.3) is 0 Å². The van der Waals surface area contributed by atoms with Crippen LogP contribution in [-0.2, 0) is 0 Å². The summed E-state index contributed by atoms with van der Waals surface area (Å²) in [6.45, 7) is 3.75. The Bertz CT molecular complexity index is 547. The van der Waals surface area contributed by atoms with Gasteiger partial charge in [-0.3, -0.25) is 4.79 Å². The van der Waals surface area contributed by atoms with E-state index in [1.165, 1.54) is 6.20 Å². The van der Waals surface area contributed by atoms with Crippen molar-refractivity contribution < 1.29 is 9.21 Å². The lowest BCUT2D eigenvalue weighted by Gasteiger charge is -2.10. The Morgan fingerprint density at radius 2 is 2.17 bits per heavy atom. The van der Waals surface area contributed by atoms with Gasteiger partial charge < -0.3 is 15.5 Å². The third kappa shape index (κ3) is 2.65. The molecule has 1 amide bonds. The van der Waals surface area contributed by atoms with Crippen molar-refractivity contribution in [2.24, 2.45) is 5.73 Å². The standard InChI is InChI=1S/C12H14N4O2/c1-7-5-15-12(18-7)8(2)16-10-4-3-9(6-14-10)11(13)17/h3-6,8H,1-2H3,(H2,13,17)(H,14,16). The fourth-order valence-corrected chi connectivity index (χ4v) is 1.48. The van der Waals surface area contributed by atoms with E-state index in [0.29, 0.717) is 17.3 Å². The lowest BCUT2D eigenvalue weighted by molar-refractivity contribution is 0.1000. The molecule has 94 valence electrons. The molecular formula is C12H14N4O2. The summed E-state index contributed by atoms with van der Waals surface area (Å²) in [4.78, 5) is 19.1. The molecular weight excluding hydrogens is 232 g/mol. The number of amides is 1. The van der Waals surface area contributed by atoms with Crippen molar-refractivity contribution >= 4 is 11.7 Å². The molecule has 0 saturated carbocycles. The number of carbonyl (C=O) groups is 1. The molecule has 2 rings (SSSR count). The Balaban J connectivity index is 2.07. The third-order valence-electron chi connectivity index (χ3n) is 2.42. The van der Waals surface area contributed by atoms with Crippen LogP contribution < -0.4 is 11.1 Å². The van der Waals surface area contributed by atoms with Crippen molar-refractivity contribution in [3.05, 3.63) is 41.7 Å². The minimum absolute atomic E-state index is 0.106. The number of rotatable bonds is 4. The van der Waals surface area contributed by atoms with Gasteiger partial charge in [0, 0.05) is 6.20 Å². The Hall–Kier alpha value is -2.37. The zero-order valence-electron chi connectivity index (χ0n) is 10.2. The third-order valence-corrected chi connectivity index (χ3v) is 2.42. The largest absolute Gasteiger partial charge is 0.444 e. The second-order valence-electron chi connectivity index (χ2n) is 3.97. The van der Waals surface area contributed by atoms with Crippen LogP contribution in [0.25, 0.3) is 0 Å². The zero-order valence-corrected chi connectivity index (χ0v) is 10.2. The maximum atomic E-state index is 10.9. The Labute approximate surface area is 104 Å². The van der Waals surface area contributed by atoms with Gasteiger partial charge in [-0.2, -0.15) is 0 Å².